The summed E-state index contributed by atoms with van der Waals surface area (Å²) in [6.45, 7) is 0.0801. The number of hydrogen-bond donors (Lipinski definition) is 1. The van der Waals surface area contributed by atoms with Crippen LogP contribution in [0.15, 0.2) is 29.2 Å². The largest absolute Gasteiger partial charge is 0.452 e. The number of amides is 2. The Kier molecular flexibility index (Phi) is 6.04. The lowest BCUT2D eigenvalue weighted by atomic mass is 10.0. The Morgan fingerprint density at radius 3 is 2.74 bits per heavy atom. The number of esters is 1. The SMILES string of the molecule is CSc1ccccc1C(=O)OCC(=O)N1CCCC[C@@H]1C(N)=O. The molecule has 7 heteroatoms. The Hall–Kier alpha value is -2.02. The summed E-state index contributed by atoms with van der Waals surface area (Å²) in [6.07, 6.45) is 4.10. The summed E-state index contributed by atoms with van der Waals surface area (Å²) < 4.78 is 5.12. The van der Waals surface area contributed by atoms with Crippen LogP contribution in [-0.4, -0.2) is 48.1 Å². The molecule has 0 radical (unpaired) electrons. The van der Waals surface area contributed by atoms with Gasteiger partial charge in [-0.3, -0.25) is 9.59 Å². The maximum atomic E-state index is 12.2. The molecule has 0 saturated carbocycles. The summed E-state index contributed by atoms with van der Waals surface area (Å²) in [5, 5.41) is 0. The average Bonchev–Trinajstić information content (AvgIpc) is 2.59. The minimum absolute atomic E-state index is 0.384. The standard InChI is InChI=1S/C16H20N2O4S/c1-23-13-8-3-2-6-11(13)16(21)22-10-14(19)18-9-5-4-7-12(18)15(17)20/h2-3,6,8,12H,4-5,7,9-10H2,1H3,(H2,17,20)/t12-/m1/s1. The van der Waals surface area contributed by atoms with E-state index in [1.54, 1.807) is 12.1 Å². The molecule has 0 bridgehead atoms. The van der Waals surface area contributed by atoms with E-state index in [4.69, 9.17) is 10.5 Å². The fraction of sp³-hybridized carbons (Fsp3) is 0.438. The highest BCUT2D eigenvalue weighted by atomic mass is 32.2. The van der Waals surface area contributed by atoms with Crippen molar-refractivity contribution in [1.82, 2.24) is 4.90 Å². The van der Waals surface area contributed by atoms with Gasteiger partial charge >= 0.3 is 5.97 Å². The fourth-order valence-electron chi connectivity index (χ4n) is 2.63. The second-order valence-corrected chi connectivity index (χ2v) is 6.13. The minimum Gasteiger partial charge on any atom is -0.452 e. The first-order chi connectivity index (χ1) is 11.0. The molecule has 2 amide bonds. The van der Waals surface area contributed by atoms with Crippen LogP contribution in [0.2, 0.25) is 0 Å². The zero-order valence-corrected chi connectivity index (χ0v) is 13.8. The van der Waals surface area contributed by atoms with Crippen molar-refractivity contribution in [2.24, 2.45) is 5.73 Å². The molecule has 6 nitrogen and oxygen atoms in total. The summed E-state index contributed by atoms with van der Waals surface area (Å²) in [4.78, 5) is 38.0. The maximum Gasteiger partial charge on any atom is 0.339 e. The molecule has 2 rings (SSSR count). The first-order valence-electron chi connectivity index (χ1n) is 7.43. The second kappa shape index (κ2) is 8.01. The van der Waals surface area contributed by atoms with Crippen molar-refractivity contribution in [3.63, 3.8) is 0 Å². The number of likely N-dealkylation sites (tertiary alicyclic amines) is 1. The van der Waals surface area contributed by atoms with Gasteiger partial charge in [0.15, 0.2) is 6.61 Å². The molecule has 0 unspecified atom stereocenters. The van der Waals surface area contributed by atoms with Crippen molar-refractivity contribution in [1.29, 1.82) is 0 Å². The predicted octanol–water partition coefficient (Wildman–Crippen LogP) is 1.43. The van der Waals surface area contributed by atoms with Crippen molar-refractivity contribution in [2.45, 2.75) is 30.2 Å². The molecule has 2 N–H and O–H groups in total. The number of nitrogens with zero attached hydrogens (tertiary/aromatic N) is 1. The van der Waals surface area contributed by atoms with Crippen LogP contribution in [0.5, 0.6) is 0 Å². The van der Waals surface area contributed by atoms with Crippen LogP contribution in [0.3, 0.4) is 0 Å². The Bertz CT molecular complexity index is 605. The van der Waals surface area contributed by atoms with Crippen LogP contribution in [0.1, 0.15) is 29.6 Å². The van der Waals surface area contributed by atoms with E-state index in [1.165, 1.54) is 16.7 Å². The number of nitrogens with two attached hydrogens (primary N) is 1. The molecule has 1 fully saturated rings. The Labute approximate surface area is 139 Å². The highest BCUT2D eigenvalue weighted by Crippen LogP contribution is 2.21. The van der Waals surface area contributed by atoms with Crippen LogP contribution in [0.4, 0.5) is 0 Å². The highest BCUT2D eigenvalue weighted by Gasteiger charge is 2.31. The van der Waals surface area contributed by atoms with E-state index < -0.39 is 17.9 Å². The lowest BCUT2D eigenvalue weighted by Crippen LogP contribution is -2.51. The molecule has 124 valence electrons. The number of rotatable bonds is 5. The summed E-state index contributed by atoms with van der Waals surface area (Å²) in [6, 6.07) is 6.45. The summed E-state index contributed by atoms with van der Waals surface area (Å²) >= 11 is 1.43. The zero-order chi connectivity index (χ0) is 16.8. The number of piperidine rings is 1. The third kappa shape index (κ3) is 4.25. The van der Waals surface area contributed by atoms with E-state index in [9.17, 15) is 14.4 Å². The van der Waals surface area contributed by atoms with Gasteiger partial charge < -0.3 is 15.4 Å². The van der Waals surface area contributed by atoms with Gasteiger partial charge in [-0.25, -0.2) is 4.79 Å². The number of thioether (sulfide) groups is 1. The normalized spacial score (nSPS) is 17.6. The van der Waals surface area contributed by atoms with Gasteiger partial charge in [0, 0.05) is 11.4 Å². The lowest BCUT2D eigenvalue weighted by Gasteiger charge is -2.33. The van der Waals surface area contributed by atoms with Crippen LogP contribution in [0.25, 0.3) is 0 Å². The van der Waals surface area contributed by atoms with Crippen molar-refractivity contribution < 1.29 is 19.1 Å². The van der Waals surface area contributed by atoms with Crippen LogP contribution < -0.4 is 5.73 Å². The van der Waals surface area contributed by atoms with E-state index in [0.29, 0.717) is 18.5 Å². The fourth-order valence-corrected chi connectivity index (χ4v) is 3.21. The zero-order valence-electron chi connectivity index (χ0n) is 13.0. The van der Waals surface area contributed by atoms with Crippen molar-refractivity contribution in [3.05, 3.63) is 29.8 Å². The quantitative estimate of drug-likeness (QED) is 0.649. The molecule has 1 heterocycles. The van der Waals surface area contributed by atoms with Crippen LogP contribution in [-0.2, 0) is 14.3 Å². The van der Waals surface area contributed by atoms with Gasteiger partial charge in [0.1, 0.15) is 6.04 Å². The molecule has 1 aromatic rings. The monoisotopic (exact) mass is 336 g/mol. The van der Waals surface area contributed by atoms with Crippen LogP contribution in [0, 0.1) is 0 Å². The van der Waals surface area contributed by atoms with Crippen molar-refractivity contribution in [2.75, 3.05) is 19.4 Å². The molecular weight excluding hydrogens is 316 g/mol. The van der Waals surface area contributed by atoms with Gasteiger partial charge in [0.05, 0.1) is 5.56 Å². The van der Waals surface area contributed by atoms with E-state index in [1.807, 2.05) is 18.4 Å². The van der Waals surface area contributed by atoms with E-state index in [2.05, 4.69) is 0 Å². The lowest BCUT2D eigenvalue weighted by molar-refractivity contribution is -0.143. The second-order valence-electron chi connectivity index (χ2n) is 5.28. The topological polar surface area (TPSA) is 89.7 Å². The Morgan fingerprint density at radius 1 is 1.30 bits per heavy atom. The third-order valence-corrected chi connectivity index (χ3v) is 4.60. The Morgan fingerprint density at radius 2 is 2.04 bits per heavy atom. The van der Waals surface area contributed by atoms with Crippen molar-refractivity contribution >= 4 is 29.5 Å². The molecule has 23 heavy (non-hydrogen) atoms. The van der Waals surface area contributed by atoms with E-state index in [0.717, 1.165) is 17.7 Å². The van der Waals surface area contributed by atoms with E-state index in [-0.39, 0.29) is 12.5 Å². The summed E-state index contributed by atoms with van der Waals surface area (Å²) in [7, 11) is 0. The molecule has 1 aliphatic rings. The number of ether oxygens (including phenoxy) is 1. The molecule has 1 aromatic carbocycles. The van der Waals surface area contributed by atoms with Gasteiger partial charge in [0.2, 0.25) is 5.91 Å². The number of carbonyl (C=O) groups excluding carboxylic acids is 3. The molecule has 1 saturated heterocycles. The summed E-state index contributed by atoms with van der Waals surface area (Å²) in [5.41, 5.74) is 5.77. The molecule has 0 aliphatic carbocycles. The van der Waals surface area contributed by atoms with Gasteiger partial charge in [-0.2, -0.15) is 0 Å². The van der Waals surface area contributed by atoms with Gasteiger partial charge in [0.25, 0.3) is 5.91 Å². The number of primary amides is 1. The first-order valence-corrected chi connectivity index (χ1v) is 8.66. The number of carbonyl (C=O) groups is 3. The van der Waals surface area contributed by atoms with Crippen LogP contribution >= 0.6 is 11.8 Å². The number of benzene rings is 1. The first kappa shape index (κ1) is 17.3. The molecule has 0 spiro atoms. The van der Waals surface area contributed by atoms with Gasteiger partial charge in [-0.05, 0) is 37.7 Å². The average molecular weight is 336 g/mol. The molecule has 1 aliphatic heterocycles. The Balaban J connectivity index is 1.98. The maximum absolute atomic E-state index is 12.2. The molecule has 1 atom stereocenters. The predicted molar refractivity (Wildman–Crippen MR) is 87.1 cm³/mol. The smallest absolute Gasteiger partial charge is 0.339 e. The molecular formula is C16H20N2O4S. The molecule has 0 aromatic heterocycles. The van der Waals surface area contributed by atoms with Crippen molar-refractivity contribution in [3.8, 4) is 0 Å². The van der Waals surface area contributed by atoms with E-state index >= 15 is 0 Å². The van der Waals surface area contributed by atoms with Gasteiger partial charge in [-0.15, -0.1) is 11.8 Å². The number of hydrogen-bond acceptors (Lipinski definition) is 5. The highest BCUT2D eigenvalue weighted by molar-refractivity contribution is 7.98. The third-order valence-electron chi connectivity index (χ3n) is 3.81. The summed E-state index contributed by atoms with van der Waals surface area (Å²) in [5.74, 6) is -1.45. The van der Waals surface area contributed by atoms with Gasteiger partial charge in [-0.1, -0.05) is 12.1 Å². The minimum atomic E-state index is -0.603.